The van der Waals surface area contributed by atoms with Gasteiger partial charge >= 0.3 is 0 Å². The summed E-state index contributed by atoms with van der Waals surface area (Å²) in [5, 5.41) is 9.36. The number of aryl methyl sites for hydroxylation is 1. The van der Waals surface area contributed by atoms with Crippen LogP contribution in [0.15, 0.2) is 24.3 Å². The van der Waals surface area contributed by atoms with Crippen molar-refractivity contribution in [2.45, 2.75) is 52.5 Å². The van der Waals surface area contributed by atoms with Crippen molar-refractivity contribution in [1.82, 2.24) is 16.0 Å². The molecule has 2 amide bonds. The highest BCUT2D eigenvalue weighted by Gasteiger charge is 2.23. The van der Waals surface area contributed by atoms with E-state index < -0.39 is 6.04 Å². The second-order valence-corrected chi connectivity index (χ2v) is 7.76. The quantitative estimate of drug-likeness (QED) is 0.633. The Labute approximate surface area is 169 Å². The SMILES string of the molecule is Cc1ccccc1C(=O)NC(CC(C)C)C(=O)NCCC1CCCNC1.Cl. The number of benzene rings is 1. The van der Waals surface area contributed by atoms with Gasteiger partial charge < -0.3 is 16.0 Å². The Bertz CT molecular complexity index is 601. The molecule has 0 aromatic heterocycles. The van der Waals surface area contributed by atoms with Crippen LogP contribution >= 0.6 is 12.4 Å². The summed E-state index contributed by atoms with van der Waals surface area (Å²) in [5.41, 5.74) is 1.54. The Morgan fingerprint density at radius 3 is 2.63 bits per heavy atom. The summed E-state index contributed by atoms with van der Waals surface area (Å²) in [6, 6.07) is 6.96. The summed E-state index contributed by atoms with van der Waals surface area (Å²) in [6.07, 6.45) is 4.05. The molecule has 6 heteroatoms. The van der Waals surface area contributed by atoms with Gasteiger partial charge in [0.15, 0.2) is 0 Å². The number of carbonyl (C=O) groups is 2. The number of halogens is 1. The Hall–Kier alpha value is -1.59. The summed E-state index contributed by atoms with van der Waals surface area (Å²) >= 11 is 0. The van der Waals surface area contributed by atoms with Gasteiger partial charge in [0.05, 0.1) is 0 Å². The molecule has 152 valence electrons. The third-order valence-electron chi connectivity index (χ3n) is 4.97. The zero-order chi connectivity index (χ0) is 18.9. The van der Waals surface area contributed by atoms with Crippen LogP contribution in [0.25, 0.3) is 0 Å². The van der Waals surface area contributed by atoms with Crippen LogP contribution < -0.4 is 16.0 Å². The maximum absolute atomic E-state index is 12.6. The van der Waals surface area contributed by atoms with E-state index in [9.17, 15) is 9.59 Å². The van der Waals surface area contributed by atoms with Crippen LogP contribution in [-0.4, -0.2) is 37.5 Å². The Kier molecular flexibility index (Phi) is 10.4. The zero-order valence-corrected chi connectivity index (χ0v) is 17.5. The van der Waals surface area contributed by atoms with E-state index in [2.05, 4.69) is 29.8 Å². The minimum atomic E-state index is -0.494. The van der Waals surface area contributed by atoms with Gasteiger partial charge in [0.2, 0.25) is 5.91 Å². The number of carbonyl (C=O) groups excluding carboxylic acids is 2. The standard InChI is InChI=1S/C21H33N3O2.ClH/c1-15(2)13-19(24-20(25)18-9-5-4-7-16(18)3)21(26)23-12-10-17-8-6-11-22-14-17;/h4-5,7,9,15,17,19,22H,6,8,10-14H2,1-3H3,(H,23,26)(H,24,25);1H. The van der Waals surface area contributed by atoms with Crippen LogP contribution in [0.2, 0.25) is 0 Å². The fourth-order valence-corrected chi connectivity index (χ4v) is 3.46. The lowest BCUT2D eigenvalue weighted by Crippen LogP contribution is -2.48. The number of rotatable bonds is 8. The van der Waals surface area contributed by atoms with Crippen molar-refractivity contribution in [3.8, 4) is 0 Å². The van der Waals surface area contributed by atoms with Crippen molar-refractivity contribution in [3.63, 3.8) is 0 Å². The highest BCUT2D eigenvalue weighted by atomic mass is 35.5. The largest absolute Gasteiger partial charge is 0.354 e. The van der Waals surface area contributed by atoms with Crippen molar-refractivity contribution >= 4 is 24.2 Å². The first-order valence-electron chi connectivity index (χ1n) is 9.82. The van der Waals surface area contributed by atoms with E-state index in [-0.39, 0.29) is 24.2 Å². The fraction of sp³-hybridized carbons (Fsp3) is 0.619. The topological polar surface area (TPSA) is 70.2 Å². The number of hydrogen-bond acceptors (Lipinski definition) is 3. The minimum Gasteiger partial charge on any atom is -0.354 e. The number of nitrogens with one attached hydrogen (secondary N) is 3. The van der Waals surface area contributed by atoms with Crippen molar-refractivity contribution in [3.05, 3.63) is 35.4 Å². The van der Waals surface area contributed by atoms with E-state index in [0.29, 0.717) is 30.4 Å². The molecule has 0 saturated carbocycles. The van der Waals surface area contributed by atoms with Gasteiger partial charge in [-0.3, -0.25) is 9.59 Å². The maximum Gasteiger partial charge on any atom is 0.252 e. The lowest BCUT2D eigenvalue weighted by Gasteiger charge is -2.24. The van der Waals surface area contributed by atoms with Gasteiger partial charge in [-0.2, -0.15) is 0 Å². The highest BCUT2D eigenvalue weighted by molar-refractivity contribution is 5.98. The molecule has 2 unspecified atom stereocenters. The predicted octanol–water partition coefficient (Wildman–Crippen LogP) is 3.07. The molecule has 0 bridgehead atoms. The van der Waals surface area contributed by atoms with Crippen molar-refractivity contribution in [2.75, 3.05) is 19.6 Å². The van der Waals surface area contributed by atoms with Gasteiger partial charge in [-0.25, -0.2) is 0 Å². The first-order chi connectivity index (χ1) is 12.5. The van der Waals surface area contributed by atoms with Gasteiger partial charge in [0, 0.05) is 12.1 Å². The lowest BCUT2D eigenvalue weighted by atomic mass is 9.96. The zero-order valence-electron chi connectivity index (χ0n) is 16.7. The molecule has 2 atom stereocenters. The summed E-state index contributed by atoms with van der Waals surface area (Å²) in [7, 11) is 0. The molecular weight excluding hydrogens is 362 g/mol. The van der Waals surface area contributed by atoms with E-state index in [1.54, 1.807) is 6.07 Å². The lowest BCUT2D eigenvalue weighted by molar-refractivity contribution is -0.123. The number of piperidine rings is 1. The Balaban J connectivity index is 0.00000364. The molecule has 1 heterocycles. The normalized spacial score (nSPS) is 17.7. The number of hydrogen-bond donors (Lipinski definition) is 3. The summed E-state index contributed by atoms with van der Waals surface area (Å²) in [5.74, 6) is 0.699. The molecule has 1 aliphatic rings. The maximum atomic E-state index is 12.6. The smallest absolute Gasteiger partial charge is 0.252 e. The van der Waals surface area contributed by atoms with Crippen LogP contribution in [-0.2, 0) is 4.79 Å². The van der Waals surface area contributed by atoms with E-state index in [1.807, 2.05) is 25.1 Å². The minimum absolute atomic E-state index is 0. The predicted molar refractivity (Wildman–Crippen MR) is 112 cm³/mol. The van der Waals surface area contributed by atoms with Crippen LogP contribution in [0.4, 0.5) is 0 Å². The molecule has 2 rings (SSSR count). The second kappa shape index (κ2) is 12.0. The fourth-order valence-electron chi connectivity index (χ4n) is 3.46. The molecule has 5 nitrogen and oxygen atoms in total. The average molecular weight is 396 g/mol. The molecule has 0 radical (unpaired) electrons. The molecule has 0 aliphatic carbocycles. The first-order valence-corrected chi connectivity index (χ1v) is 9.82. The van der Waals surface area contributed by atoms with Crippen molar-refractivity contribution in [2.24, 2.45) is 11.8 Å². The summed E-state index contributed by atoms with van der Waals surface area (Å²) in [4.78, 5) is 25.2. The van der Waals surface area contributed by atoms with Gasteiger partial charge in [-0.05, 0) is 69.2 Å². The van der Waals surface area contributed by atoms with E-state index in [1.165, 1.54) is 12.8 Å². The van der Waals surface area contributed by atoms with Gasteiger partial charge in [0.25, 0.3) is 5.91 Å². The van der Waals surface area contributed by atoms with Gasteiger partial charge in [0.1, 0.15) is 6.04 Å². The van der Waals surface area contributed by atoms with E-state index >= 15 is 0 Å². The molecule has 3 N–H and O–H groups in total. The Morgan fingerprint density at radius 2 is 2.00 bits per heavy atom. The van der Waals surface area contributed by atoms with Crippen molar-refractivity contribution < 1.29 is 9.59 Å². The Morgan fingerprint density at radius 1 is 1.26 bits per heavy atom. The van der Waals surface area contributed by atoms with Crippen LogP contribution in [0.3, 0.4) is 0 Å². The third-order valence-corrected chi connectivity index (χ3v) is 4.97. The monoisotopic (exact) mass is 395 g/mol. The molecule has 27 heavy (non-hydrogen) atoms. The van der Waals surface area contributed by atoms with E-state index in [4.69, 9.17) is 0 Å². The molecule has 0 spiro atoms. The molecular formula is C21H34ClN3O2. The number of amides is 2. The van der Waals surface area contributed by atoms with Crippen LogP contribution in [0.1, 0.15) is 55.5 Å². The first kappa shape index (κ1) is 23.4. The van der Waals surface area contributed by atoms with Crippen molar-refractivity contribution in [1.29, 1.82) is 0 Å². The van der Waals surface area contributed by atoms with Gasteiger partial charge in [-0.1, -0.05) is 32.0 Å². The molecule has 1 fully saturated rings. The van der Waals surface area contributed by atoms with Gasteiger partial charge in [-0.15, -0.1) is 12.4 Å². The van der Waals surface area contributed by atoms with E-state index in [0.717, 1.165) is 25.1 Å². The highest BCUT2D eigenvalue weighted by Crippen LogP contribution is 2.13. The third kappa shape index (κ3) is 7.89. The van der Waals surface area contributed by atoms with Crippen LogP contribution in [0.5, 0.6) is 0 Å². The molecule has 1 saturated heterocycles. The second-order valence-electron chi connectivity index (χ2n) is 7.76. The average Bonchev–Trinajstić information content (AvgIpc) is 2.62. The molecule has 1 aromatic carbocycles. The molecule has 1 aliphatic heterocycles. The summed E-state index contributed by atoms with van der Waals surface area (Å²) in [6.45, 7) is 8.84. The summed E-state index contributed by atoms with van der Waals surface area (Å²) < 4.78 is 0. The van der Waals surface area contributed by atoms with Crippen LogP contribution in [0, 0.1) is 18.8 Å². The molecule has 1 aromatic rings.